The lowest BCUT2D eigenvalue weighted by molar-refractivity contribution is 0.277. The van der Waals surface area contributed by atoms with Crippen molar-refractivity contribution in [1.29, 1.82) is 0 Å². The van der Waals surface area contributed by atoms with Crippen molar-refractivity contribution in [2.24, 2.45) is 7.05 Å². The molecule has 3 heterocycles. The maximum absolute atomic E-state index is 12.5. The van der Waals surface area contributed by atoms with E-state index in [0.29, 0.717) is 12.2 Å². The van der Waals surface area contributed by atoms with Crippen LogP contribution >= 0.6 is 0 Å². The third-order valence-electron chi connectivity index (χ3n) is 3.56. The summed E-state index contributed by atoms with van der Waals surface area (Å²) in [6.07, 6.45) is 3.53. The summed E-state index contributed by atoms with van der Waals surface area (Å²) in [6, 6.07) is 1.88. The van der Waals surface area contributed by atoms with Gasteiger partial charge in [-0.25, -0.2) is 4.79 Å². The Morgan fingerprint density at radius 3 is 2.83 bits per heavy atom. The van der Waals surface area contributed by atoms with Crippen LogP contribution < -0.4 is 16.0 Å². The zero-order chi connectivity index (χ0) is 17.3. The fourth-order valence-corrected chi connectivity index (χ4v) is 2.40. The number of pyridine rings is 1. The smallest absolute Gasteiger partial charge is 0.332 e. The van der Waals surface area contributed by atoms with E-state index in [-0.39, 0.29) is 30.3 Å². The second kappa shape index (κ2) is 6.28. The second-order valence-corrected chi connectivity index (χ2v) is 5.42. The van der Waals surface area contributed by atoms with Crippen molar-refractivity contribution in [2.75, 3.05) is 6.61 Å². The fourth-order valence-electron chi connectivity index (χ4n) is 2.40. The predicted molar refractivity (Wildman–Crippen MR) is 86.3 cm³/mol. The van der Waals surface area contributed by atoms with Crippen molar-refractivity contribution in [3.63, 3.8) is 0 Å². The van der Waals surface area contributed by atoms with E-state index >= 15 is 0 Å². The van der Waals surface area contributed by atoms with Crippen LogP contribution in [-0.2, 0) is 13.6 Å². The molecule has 3 rings (SSSR count). The largest absolute Gasteiger partial charge is 0.424 e. The molecule has 0 aromatic carbocycles. The quantitative estimate of drug-likeness (QED) is 0.695. The van der Waals surface area contributed by atoms with Gasteiger partial charge in [-0.1, -0.05) is 0 Å². The number of aromatic nitrogens is 5. The third-order valence-corrected chi connectivity index (χ3v) is 3.56. The maximum atomic E-state index is 12.5. The number of aromatic amines is 1. The van der Waals surface area contributed by atoms with E-state index in [1.165, 1.54) is 17.8 Å². The van der Waals surface area contributed by atoms with E-state index in [0.717, 1.165) is 10.1 Å². The molecule has 0 unspecified atom stereocenters. The summed E-state index contributed by atoms with van der Waals surface area (Å²) < 4.78 is 7.92. The zero-order valence-electron chi connectivity index (χ0n) is 13.3. The van der Waals surface area contributed by atoms with Crippen LogP contribution in [0, 0.1) is 6.92 Å². The summed E-state index contributed by atoms with van der Waals surface area (Å²) in [5.41, 5.74) is 0.316. The van der Waals surface area contributed by atoms with Gasteiger partial charge in [0.2, 0.25) is 0 Å². The highest BCUT2D eigenvalue weighted by Gasteiger charge is 2.16. The number of fused-ring (bicyclic) bond motifs is 1. The molecule has 24 heavy (non-hydrogen) atoms. The average molecular weight is 331 g/mol. The number of hydrogen-bond donors (Lipinski definition) is 2. The van der Waals surface area contributed by atoms with Gasteiger partial charge < -0.3 is 14.8 Å². The molecular formula is C15H17N5O4. The number of rotatable bonds is 5. The minimum atomic E-state index is -0.494. The summed E-state index contributed by atoms with van der Waals surface area (Å²) >= 11 is 0. The van der Waals surface area contributed by atoms with Gasteiger partial charge in [0.15, 0.2) is 11.2 Å². The van der Waals surface area contributed by atoms with Crippen LogP contribution in [0.4, 0.5) is 0 Å². The molecule has 0 aliphatic rings. The SMILES string of the molecule is Cc1cncc(Oc2nc3c([nH]2)c(=O)n(CCCO)c(=O)n3C)c1. The molecule has 3 aromatic heterocycles. The van der Waals surface area contributed by atoms with Gasteiger partial charge in [-0.3, -0.25) is 18.9 Å². The first-order chi connectivity index (χ1) is 11.5. The number of ether oxygens (including phenoxy) is 1. The Bertz CT molecular complexity index is 1000. The van der Waals surface area contributed by atoms with Crippen LogP contribution in [0.2, 0.25) is 0 Å². The van der Waals surface area contributed by atoms with Gasteiger partial charge >= 0.3 is 11.7 Å². The van der Waals surface area contributed by atoms with Gasteiger partial charge in [-0.15, -0.1) is 0 Å². The van der Waals surface area contributed by atoms with Crippen LogP contribution in [0.1, 0.15) is 12.0 Å². The summed E-state index contributed by atoms with van der Waals surface area (Å²) in [5, 5.41) is 8.91. The average Bonchev–Trinajstić information content (AvgIpc) is 2.97. The Balaban J connectivity index is 2.07. The van der Waals surface area contributed by atoms with Crippen LogP contribution in [0.5, 0.6) is 11.8 Å². The van der Waals surface area contributed by atoms with E-state index < -0.39 is 11.2 Å². The number of nitrogens with one attached hydrogen (secondary N) is 1. The molecule has 2 N–H and O–H groups in total. The maximum Gasteiger partial charge on any atom is 0.332 e. The van der Waals surface area contributed by atoms with E-state index in [2.05, 4.69) is 15.0 Å². The monoisotopic (exact) mass is 331 g/mol. The van der Waals surface area contributed by atoms with E-state index in [4.69, 9.17) is 9.84 Å². The minimum Gasteiger partial charge on any atom is -0.424 e. The van der Waals surface area contributed by atoms with Crippen molar-refractivity contribution >= 4 is 11.2 Å². The van der Waals surface area contributed by atoms with E-state index in [1.807, 2.05) is 6.92 Å². The molecule has 0 aliphatic carbocycles. The summed E-state index contributed by atoms with van der Waals surface area (Å²) in [6.45, 7) is 1.91. The lowest BCUT2D eigenvalue weighted by atomic mass is 10.3. The molecule has 0 fully saturated rings. The van der Waals surface area contributed by atoms with Gasteiger partial charge in [0.1, 0.15) is 5.75 Å². The summed E-state index contributed by atoms with van der Waals surface area (Å²) in [4.78, 5) is 35.7. The van der Waals surface area contributed by atoms with Gasteiger partial charge in [0, 0.05) is 26.4 Å². The van der Waals surface area contributed by atoms with E-state index in [1.54, 1.807) is 12.3 Å². The van der Waals surface area contributed by atoms with Crippen LogP contribution in [-0.4, -0.2) is 35.8 Å². The molecule has 3 aromatic rings. The normalized spacial score (nSPS) is 11.1. The lowest BCUT2D eigenvalue weighted by Gasteiger charge is -2.06. The Kier molecular flexibility index (Phi) is 4.17. The van der Waals surface area contributed by atoms with Gasteiger partial charge in [0.25, 0.3) is 5.56 Å². The van der Waals surface area contributed by atoms with Crippen LogP contribution in [0.15, 0.2) is 28.0 Å². The van der Waals surface area contributed by atoms with Crippen molar-refractivity contribution in [1.82, 2.24) is 24.1 Å². The molecule has 0 saturated carbocycles. The fraction of sp³-hybridized carbons (Fsp3) is 0.333. The Hall–Kier alpha value is -2.94. The molecule has 0 radical (unpaired) electrons. The predicted octanol–water partition coefficient (Wildman–Crippen LogP) is 0.301. The van der Waals surface area contributed by atoms with Gasteiger partial charge in [0.05, 0.1) is 6.20 Å². The van der Waals surface area contributed by atoms with Crippen molar-refractivity contribution < 1.29 is 9.84 Å². The molecule has 9 nitrogen and oxygen atoms in total. The number of aliphatic hydroxyl groups is 1. The number of aliphatic hydroxyl groups excluding tert-OH is 1. The van der Waals surface area contributed by atoms with Crippen molar-refractivity contribution in [3.05, 3.63) is 44.9 Å². The molecule has 0 bridgehead atoms. The first-order valence-corrected chi connectivity index (χ1v) is 7.41. The van der Waals surface area contributed by atoms with Crippen LogP contribution in [0.3, 0.4) is 0 Å². The molecule has 0 amide bonds. The number of nitrogens with zero attached hydrogens (tertiary/aromatic N) is 4. The Labute approximate surface area is 136 Å². The zero-order valence-corrected chi connectivity index (χ0v) is 13.3. The van der Waals surface area contributed by atoms with E-state index in [9.17, 15) is 9.59 Å². The summed E-state index contributed by atoms with van der Waals surface area (Å²) in [5.74, 6) is 0.472. The molecule has 0 atom stereocenters. The second-order valence-electron chi connectivity index (χ2n) is 5.42. The standard InChI is InChI=1S/C15H17N5O4/c1-9-6-10(8-16-7-9)24-14-17-11-12(18-14)19(2)15(23)20(13(11)22)4-3-5-21/h6-8,21H,3-5H2,1-2H3,(H,17,18). The third kappa shape index (κ3) is 2.81. The number of H-pyrrole nitrogens is 1. The van der Waals surface area contributed by atoms with Crippen molar-refractivity contribution in [2.45, 2.75) is 19.9 Å². The van der Waals surface area contributed by atoms with Gasteiger partial charge in [-0.05, 0) is 25.0 Å². The van der Waals surface area contributed by atoms with Crippen molar-refractivity contribution in [3.8, 4) is 11.8 Å². The Morgan fingerprint density at radius 1 is 1.33 bits per heavy atom. The molecular weight excluding hydrogens is 314 g/mol. The number of hydrogen-bond acceptors (Lipinski definition) is 6. The molecule has 126 valence electrons. The highest BCUT2D eigenvalue weighted by atomic mass is 16.5. The summed E-state index contributed by atoms with van der Waals surface area (Å²) in [7, 11) is 1.53. The Morgan fingerprint density at radius 2 is 2.12 bits per heavy atom. The molecule has 0 saturated heterocycles. The highest BCUT2D eigenvalue weighted by molar-refractivity contribution is 5.70. The lowest BCUT2D eigenvalue weighted by Crippen LogP contribution is -2.39. The molecule has 9 heteroatoms. The molecule has 0 aliphatic heterocycles. The topological polar surface area (TPSA) is 115 Å². The van der Waals surface area contributed by atoms with Gasteiger partial charge in [-0.2, -0.15) is 4.98 Å². The number of imidazole rings is 1. The first kappa shape index (κ1) is 15.9. The number of aryl methyl sites for hydroxylation is 2. The molecule has 0 spiro atoms. The minimum absolute atomic E-state index is 0.101. The first-order valence-electron chi connectivity index (χ1n) is 7.41. The van der Waals surface area contributed by atoms with Crippen LogP contribution in [0.25, 0.3) is 11.2 Å². The highest BCUT2D eigenvalue weighted by Crippen LogP contribution is 2.19.